The third kappa shape index (κ3) is 3.17. The zero-order valence-corrected chi connectivity index (χ0v) is 14.0. The first kappa shape index (κ1) is 17.0. The topological polar surface area (TPSA) is 33.5 Å². The summed E-state index contributed by atoms with van der Waals surface area (Å²) >= 11 is 1.55. The molecule has 2 heterocycles. The molecule has 0 aliphatic carbocycles. The smallest absolute Gasteiger partial charge is 0.416 e. The molecule has 0 spiro atoms. The molecular formula is C17H16F3NO2S. The van der Waals surface area contributed by atoms with Crippen LogP contribution in [0, 0.1) is 13.8 Å². The zero-order valence-electron chi connectivity index (χ0n) is 13.2. The lowest BCUT2D eigenvalue weighted by Crippen LogP contribution is -2.30. The molecule has 0 unspecified atom stereocenters. The highest BCUT2D eigenvalue weighted by Gasteiger charge is 2.34. The van der Waals surface area contributed by atoms with Gasteiger partial charge >= 0.3 is 6.18 Å². The molecular weight excluding hydrogens is 339 g/mol. The van der Waals surface area contributed by atoms with Gasteiger partial charge in [-0.1, -0.05) is 12.1 Å². The molecule has 1 fully saturated rings. The lowest BCUT2D eigenvalue weighted by Gasteiger charge is -2.24. The van der Waals surface area contributed by atoms with E-state index >= 15 is 0 Å². The minimum Gasteiger partial charge on any atom is -0.466 e. The van der Waals surface area contributed by atoms with E-state index in [1.807, 2.05) is 0 Å². The van der Waals surface area contributed by atoms with Crippen molar-refractivity contribution in [2.45, 2.75) is 25.4 Å². The van der Waals surface area contributed by atoms with Crippen LogP contribution in [0.5, 0.6) is 0 Å². The van der Waals surface area contributed by atoms with Gasteiger partial charge in [0.25, 0.3) is 5.91 Å². The largest absolute Gasteiger partial charge is 0.466 e. The van der Waals surface area contributed by atoms with E-state index in [2.05, 4.69) is 0 Å². The Morgan fingerprint density at radius 3 is 2.46 bits per heavy atom. The number of rotatable bonds is 2. The summed E-state index contributed by atoms with van der Waals surface area (Å²) in [7, 11) is 0. The van der Waals surface area contributed by atoms with Crippen LogP contribution in [0.3, 0.4) is 0 Å². The highest BCUT2D eigenvalue weighted by Crippen LogP contribution is 2.40. The SMILES string of the molecule is Cc1cc(C(=O)N2CCS[C@H]2c2ccc(C(F)(F)F)cc2)c(C)o1. The summed E-state index contributed by atoms with van der Waals surface area (Å²) in [6.07, 6.45) is -4.36. The number of aryl methyl sites for hydroxylation is 2. The number of hydrogen-bond donors (Lipinski definition) is 0. The minimum absolute atomic E-state index is 0.153. The van der Waals surface area contributed by atoms with Gasteiger partial charge in [-0.15, -0.1) is 11.8 Å². The van der Waals surface area contributed by atoms with Crippen LogP contribution in [-0.2, 0) is 6.18 Å². The van der Waals surface area contributed by atoms with Crippen LogP contribution in [0.2, 0.25) is 0 Å². The molecule has 0 saturated carbocycles. The molecule has 3 nitrogen and oxygen atoms in total. The van der Waals surface area contributed by atoms with Gasteiger partial charge in [-0.2, -0.15) is 13.2 Å². The number of carbonyl (C=O) groups is 1. The van der Waals surface area contributed by atoms with Gasteiger partial charge in [0, 0.05) is 12.3 Å². The Morgan fingerprint density at radius 2 is 1.92 bits per heavy atom. The Labute approximate surface area is 141 Å². The average molecular weight is 355 g/mol. The summed E-state index contributed by atoms with van der Waals surface area (Å²) in [6, 6.07) is 6.71. The number of thioether (sulfide) groups is 1. The van der Waals surface area contributed by atoms with E-state index in [4.69, 9.17) is 4.42 Å². The first-order valence-electron chi connectivity index (χ1n) is 7.44. The van der Waals surface area contributed by atoms with Crippen LogP contribution in [0.15, 0.2) is 34.7 Å². The molecule has 0 bridgehead atoms. The maximum Gasteiger partial charge on any atom is 0.416 e. The fraction of sp³-hybridized carbons (Fsp3) is 0.353. The van der Waals surface area contributed by atoms with E-state index in [9.17, 15) is 18.0 Å². The number of alkyl halides is 3. The van der Waals surface area contributed by atoms with Crippen LogP contribution in [-0.4, -0.2) is 23.1 Å². The first-order chi connectivity index (χ1) is 11.3. The maximum atomic E-state index is 12.8. The Balaban J connectivity index is 1.85. The van der Waals surface area contributed by atoms with E-state index in [0.29, 0.717) is 29.2 Å². The van der Waals surface area contributed by atoms with Gasteiger partial charge < -0.3 is 9.32 Å². The van der Waals surface area contributed by atoms with Crippen molar-refractivity contribution in [2.75, 3.05) is 12.3 Å². The average Bonchev–Trinajstić information content (AvgIpc) is 3.12. The van der Waals surface area contributed by atoms with Crippen molar-refractivity contribution in [1.82, 2.24) is 4.90 Å². The van der Waals surface area contributed by atoms with E-state index in [1.54, 1.807) is 36.6 Å². The molecule has 1 aromatic heterocycles. The molecule has 3 rings (SSSR count). The molecule has 2 aromatic rings. The van der Waals surface area contributed by atoms with Gasteiger partial charge in [-0.3, -0.25) is 4.79 Å². The van der Waals surface area contributed by atoms with Gasteiger partial charge in [0.2, 0.25) is 0 Å². The highest BCUT2D eigenvalue weighted by atomic mass is 32.2. The highest BCUT2D eigenvalue weighted by molar-refractivity contribution is 7.99. The molecule has 7 heteroatoms. The van der Waals surface area contributed by atoms with Crippen LogP contribution in [0.1, 0.15) is 38.4 Å². The second-order valence-corrected chi connectivity index (χ2v) is 6.86. The fourth-order valence-corrected chi connectivity index (χ4v) is 4.04. The second-order valence-electron chi connectivity index (χ2n) is 5.67. The summed E-state index contributed by atoms with van der Waals surface area (Å²) in [4.78, 5) is 14.4. The van der Waals surface area contributed by atoms with Crippen LogP contribution >= 0.6 is 11.8 Å². The predicted molar refractivity (Wildman–Crippen MR) is 85.9 cm³/mol. The number of benzene rings is 1. The van der Waals surface area contributed by atoms with E-state index < -0.39 is 11.7 Å². The third-order valence-corrected chi connectivity index (χ3v) is 5.21. The Kier molecular flexibility index (Phi) is 4.38. The number of hydrogen-bond acceptors (Lipinski definition) is 3. The standard InChI is InChI=1S/C17H16F3NO2S/c1-10-9-14(11(2)23-10)15(22)21-7-8-24-16(21)12-3-5-13(6-4-12)17(18,19)20/h3-6,9,16H,7-8H2,1-2H3/t16-/m0/s1. The molecule has 0 N–H and O–H groups in total. The Hall–Kier alpha value is -1.89. The lowest BCUT2D eigenvalue weighted by molar-refractivity contribution is -0.137. The number of halogens is 3. The van der Waals surface area contributed by atoms with E-state index in [0.717, 1.165) is 17.9 Å². The van der Waals surface area contributed by atoms with Gasteiger partial charge in [-0.25, -0.2) is 0 Å². The predicted octanol–water partition coefficient (Wildman–Crippen LogP) is 4.80. The van der Waals surface area contributed by atoms with Crippen molar-refractivity contribution in [1.29, 1.82) is 0 Å². The van der Waals surface area contributed by atoms with Crippen molar-refractivity contribution in [3.63, 3.8) is 0 Å². The van der Waals surface area contributed by atoms with Crippen molar-refractivity contribution < 1.29 is 22.4 Å². The van der Waals surface area contributed by atoms with Crippen molar-refractivity contribution in [3.05, 3.63) is 58.5 Å². The minimum atomic E-state index is -4.36. The number of carbonyl (C=O) groups excluding carboxylic acids is 1. The quantitative estimate of drug-likeness (QED) is 0.776. The van der Waals surface area contributed by atoms with E-state index in [-0.39, 0.29) is 11.3 Å². The Morgan fingerprint density at radius 1 is 1.25 bits per heavy atom. The van der Waals surface area contributed by atoms with Crippen molar-refractivity contribution >= 4 is 17.7 Å². The van der Waals surface area contributed by atoms with Crippen LogP contribution < -0.4 is 0 Å². The van der Waals surface area contributed by atoms with Gasteiger partial charge in [-0.05, 0) is 37.6 Å². The number of furan rings is 1. The summed E-state index contributed by atoms with van der Waals surface area (Å²) in [5.74, 6) is 1.81. The van der Waals surface area contributed by atoms with Crippen molar-refractivity contribution in [3.8, 4) is 0 Å². The summed E-state index contributed by atoms with van der Waals surface area (Å²) in [5, 5.41) is -0.283. The van der Waals surface area contributed by atoms with Gasteiger partial charge in [0.05, 0.1) is 11.1 Å². The fourth-order valence-electron chi connectivity index (χ4n) is 2.79. The zero-order chi connectivity index (χ0) is 17.5. The molecule has 1 amide bonds. The van der Waals surface area contributed by atoms with Crippen LogP contribution in [0.4, 0.5) is 13.2 Å². The Bertz CT molecular complexity index is 752. The second kappa shape index (κ2) is 6.20. The van der Waals surface area contributed by atoms with Crippen LogP contribution in [0.25, 0.3) is 0 Å². The molecule has 1 atom stereocenters. The molecule has 1 aromatic carbocycles. The maximum absolute atomic E-state index is 12.8. The number of amides is 1. The first-order valence-corrected chi connectivity index (χ1v) is 8.49. The molecule has 1 saturated heterocycles. The molecule has 128 valence electrons. The molecule has 24 heavy (non-hydrogen) atoms. The normalized spacial score (nSPS) is 18.2. The summed E-state index contributed by atoms with van der Waals surface area (Å²) < 4.78 is 43.5. The molecule has 0 radical (unpaired) electrons. The number of nitrogens with zero attached hydrogens (tertiary/aromatic N) is 1. The van der Waals surface area contributed by atoms with Gasteiger partial charge in [0.15, 0.2) is 0 Å². The molecule has 1 aliphatic heterocycles. The van der Waals surface area contributed by atoms with Gasteiger partial charge in [0.1, 0.15) is 16.9 Å². The van der Waals surface area contributed by atoms with Crippen molar-refractivity contribution in [2.24, 2.45) is 0 Å². The monoisotopic (exact) mass is 355 g/mol. The molecule has 1 aliphatic rings. The van der Waals surface area contributed by atoms with E-state index in [1.165, 1.54) is 12.1 Å². The summed E-state index contributed by atoms with van der Waals surface area (Å²) in [6.45, 7) is 4.06. The summed E-state index contributed by atoms with van der Waals surface area (Å²) in [5.41, 5.74) is 0.511. The third-order valence-electron chi connectivity index (χ3n) is 3.95. The lowest BCUT2D eigenvalue weighted by atomic mass is 10.1.